The second-order valence-corrected chi connectivity index (χ2v) is 10.3. The van der Waals surface area contributed by atoms with Gasteiger partial charge in [-0.2, -0.15) is 0 Å². The zero-order valence-corrected chi connectivity index (χ0v) is 19.8. The van der Waals surface area contributed by atoms with Gasteiger partial charge in [0.15, 0.2) is 0 Å². The van der Waals surface area contributed by atoms with E-state index in [-0.39, 0.29) is 6.04 Å². The molecule has 174 valence electrons. The lowest BCUT2D eigenvalue weighted by Crippen LogP contribution is -2.46. The molecule has 1 saturated heterocycles. The average Bonchev–Trinajstić information content (AvgIpc) is 2.83. The second-order valence-electron chi connectivity index (χ2n) is 8.42. The van der Waals surface area contributed by atoms with Crippen molar-refractivity contribution in [2.45, 2.75) is 31.7 Å². The molecule has 3 aromatic rings. The van der Waals surface area contributed by atoms with Gasteiger partial charge in [0, 0.05) is 61.3 Å². The summed E-state index contributed by atoms with van der Waals surface area (Å²) in [4.78, 5) is 11.6. The first-order valence-corrected chi connectivity index (χ1v) is 13.3. The molecule has 1 aliphatic heterocycles. The van der Waals surface area contributed by atoms with E-state index in [1.165, 1.54) is 6.26 Å². The summed E-state index contributed by atoms with van der Waals surface area (Å²) in [6.07, 6.45) is 6.96. The fourth-order valence-electron chi connectivity index (χ4n) is 4.19. The summed E-state index contributed by atoms with van der Waals surface area (Å²) in [7, 11) is -3.23. The molecule has 2 N–H and O–H groups in total. The van der Waals surface area contributed by atoms with Crippen LogP contribution in [0.1, 0.15) is 25.0 Å². The number of pyridine rings is 2. The Balaban J connectivity index is 1.59. The number of rotatable bonds is 9. The number of nitrogens with one attached hydrogen (secondary N) is 2. The van der Waals surface area contributed by atoms with Crippen LogP contribution in [-0.4, -0.2) is 50.3 Å². The molecule has 0 aliphatic carbocycles. The van der Waals surface area contributed by atoms with Crippen molar-refractivity contribution in [2.75, 3.05) is 36.1 Å². The molecule has 1 unspecified atom stereocenters. The number of benzene rings is 1. The third-order valence-corrected chi connectivity index (χ3v) is 6.52. The van der Waals surface area contributed by atoms with E-state index in [1.54, 1.807) is 0 Å². The zero-order valence-electron chi connectivity index (χ0n) is 18.9. The average molecular weight is 466 g/mol. The third kappa shape index (κ3) is 6.76. The predicted molar refractivity (Wildman–Crippen MR) is 134 cm³/mol. The Labute approximate surface area is 196 Å². The molecule has 0 saturated carbocycles. The minimum atomic E-state index is -3.23. The van der Waals surface area contributed by atoms with E-state index < -0.39 is 10.0 Å². The lowest BCUT2D eigenvalue weighted by molar-refractivity contribution is 0.453. The minimum Gasteiger partial charge on any atom is -0.370 e. The molecule has 0 bridgehead atoms. The smallest absolute Gasteiger partial charge is 0.208 e. The summed E-state index contributed by atoms with van der Waals surface area (Å²) in [6.45, 7) is 2.02. The highest BCUT2D eigenvalue weighted by atomic mass is 32.2. The molecule has 1 aliphatic rings. The second kappa shape index (κ2) is 10.8. The summed E-state index contributed by atoms with van der Waals surface area (Å²) in [5.41, 5.74) is 4.04. The fourth-order valence-corrected chi connectivity index (χ4v) is 4.69. The molecule has 8 heteroatoms. The van der Waals surface area contributed by atoms with Gasteiger partial charge >= 0.3 is 0 Å². The van der Waals surface area contributed by atoms with Crippen LogP contribution < -0.4 is 14.9 Å². The highest BCUT2D eigenvalue weighted by Crippen LogP contribution is 2.30. The van der Waals surface area contributed by atoms with Gasteiger partial charge in [-0.05, 0) is 37.5 Å². The molecule has 1 aromatic carbocycles. The molecule has 3 heterocycles. The first kappa shape index (κ1) is 23.2. The molecule has 2 aromatic heterocycles. The number of sulfonamides is 1. The molecule has 1 fully saturated rings. The first-order chi connectivity index (χ1) is 16.0. The van der Waals surface area contributed by atoms with Crippen molar-refractivity contribution in [3.05, 3.63) is 72.6 Å². The highest BCUT2D eigenvalue weighted by molar-refractivity contribution is 7.88. The van der Waals surface area contributed by atoms with Gasteiger partial charge < -0.3 is 10.2 Å². The summed E-state index contributed by atoms with van der Waals surface area (Å²) in [5.74, 6) is 0.808. The standard InChI is InChI=1S/C25H31N5O2S/c1-33(31,32)28-19-22-12-6-8-16-30(22)23-17-24(20-9-3-2-4-10-20)29-25(18-23)27-15-13-21-11-5-7-14-26-21/h2-5,7,9-11,14,17-18,22,28H,6,8,12-13,15-16,19H2,1H3,(H,27,29). The van der Waals surface area contributed by atoms with E-state index in [9.17, 15) is 8.42 Å². The first-order valence-electron chi connectivity index (χ1n) is 11.4. The number of aromatic nitrogens is 2. The van der Waals surface area contributed by atoms with E-state index >= 15 is 0 Å². The third-order valence-electron chi connectivity index (χ3n) is 5.83. The molecule has 4 rings (SSSR count). The monoisotopic (exact) mass is 465 g/mol. The normalized spacial score (nSPS) is 16.5. The van der Waals surface area contributed by atoms with Gasteiger partial charge in [-0.1, -0.05) is 36.4 Å². The van der Waals surface area contributed by atoms with E-state index in [2.05, 4.69) is 44.2 Å². The lowest BCUT2D eigenvalue weighted by Gasteiger charge is -2.38. The molecular formula is C25H31N5O2S. The number of nitrogens with zero attached hydrogens (tertiary/aromatic N) is 3. The molecule has 0 radical (unpaired) electrons. The van der Waals surface area contributed by atoms with Crippen molar-refractivity contribution >= 4 is 21.5 Å². The SMILES string of the molecule is CS(=O)(=O)NCC1CCCCN1c1cc(NCCc2ccccn2)nc(-c2ccccc2)c1. The Morgan fingerprint density at radius 2 is 1.88 bits per heavy atom. The number of hydrogen-bond acceptors (Lipinski definition) is 6. The lowest BCUT2D eigenvalue weighted by atomic mass is 10.0. The Kier molecular flexibility index (Phi) is 7.57. The van der Waals surface area contributed by atoms with Crippen molar-refractivity contribution in [2.24, 2.45) is 0 Å². The number of piperidine rings is 1. The number of anilines is 2. The topological polar surface area (TPSA) is 87.2 Å². The maximum absolute atomic E-state index is 11.7. The summed E-state index contributed by atoms with van der Waals surface area (Å²) in [5, 5.41) is 3.46. The van der Waals surface area contributed by atoms with Crippen molar-refractivity contribution in [3.63, 3.8) is 0 Å². The maximum Gasteiger partial charge on any atom is 0.208 e. The Hall–Kier alpha value is -2.97. The van der Waals surface area contributed by atoms with Crippen molar-refractivity contribution < 1.29 is 8.42 Å². The quantitative estimate of drug-likeness (QED) is 0.501. The molecule has 33 heavy (non-hydrogen) atoms. The zero-order chi connectivity index (χ0) is 23.1. The molecule has 1 atom stereocenters. The number of hydrogen-bond donors (Lipinski definition) is 2. The van der Waals surface area contributed by atoms with E-state index in [0.717, 1.165) is 67.2 Å². The summed E-state index contributed by atoms with van der Waals surface area (Å²) in [6, 6.07) is 20.4. The van der Waals surface area contributed by atoms with Crippen molar-refractivity contribution in [1.82, 2.24) is 14.7 Å². The van der Waals surface area contributed by atoms with Crippen LogP contribution >= 0.6 is 0 Å². The summed E-state index contributed by atoms with van der Waals surface area (Å²) < 4.78 is 26.1. The fraction of sp³-hybridized carbons (Fsp3) is 0.360. The van der Waals surface area contributed by atoms with Gasteiger partial charge in [-0.25, -0.2) is 18.1 Å². The Morgan fingerprint density at radius 3 is 2.64 bits per heavy atom. The molecule has 0 spiro atoms. The van der Waals surface area contributed by atoms with E-state index in [4.69, 9.17) is 4.98 Å². The van der Waals surface area contributed by atoms with Gasteiger partial charge in [0.05, 0.1) is 11.9 Å². The van der Waals surface area contributed by atoms with Crippen LogP contribution in [0.2, 0.25) is 0 Å². The molecule has 0 amide bonds. The van der Waals surface area contributed by atoms with Crippen LogP contribution in [0.4, 0.5) is 11.5 Å². The van der Waals surface area contributed by atoms with Crippen molar-refractivity contribution in [3.8, 4) is 11.3 Å². The van der Waals surface area contributed by atoms with Crippen molar-refractivity contribution in [1.29, 1.82) is 0 Å². The van der Waals surface area contributed by atoms with Gasteiger partial charge in [0.1, 0.15) is 5.82 Å². The summed E-state index contributed by atoms with van der Waals surface area (Å²) >= 11 is 0. The van der Waals surface area contributed by atoms with E-state index in [1.807, 2.05) is 42.6 Å². The minimum absolute atomic E-state index is 0.112. The van der Waals surface area contributed by atoms with Gasteiger partial charge in [-0.15, -0.1) is 0 Å². The van der Waals surface area contributed by atoms with E-state index in [0.29, 0.717) is 6.54 Å². The van der Waals surface area contributed by atoms with Gasteiger partial charge in [0.25, 0.3) is 0 Å². The van der Waals surface area contributed by atoms with Gasteiger partial charge in [-0.3, -0.25) is 4.98 Å². The van der Waals surface area contributed by atoms with Gasteiger partial charge in [0.2, 0.25) is 10.0 Å². The predicted octanol–water partition coefficient (Wildman–Crippen LogP) is 3.71. The highest BCUT2D eigenvalue weighted by Gasteiger charge is 2.24. The maximum atomic E-state index is 11.7. The van der Waals surface area contributed by atoms with Crippen LogP contribution in [0, 0.1) is 0 Å². The van der Waals surface area contributed by atoms with Crippen LogP contribution in [0.5, 0.6) is 0 Å². The molecular weight excluding hydrogens is 434 g/mol. The Bertz CT molecular complexity index is 1140. The van der Waals surface area contributed by atoms with Crippen LogP contribution in [0.3, 0.4) is 0 Å². The van der Waals surface area contributed by atoms with Crippen LogP contribution in [-0.2, 0) is 16.4 Å². The van der Waals surface area contributed by atoms with Crippen LogP contribution in [0.25, 0.3) is 11.3 Å². The largest absolute Gasteiger partial charge is 0.370 e. The van der Waals surface area contributed by atoms with Crippen LogP contribution in [0.15, 0.2) is 66.9 Å². The Morgan fingerprint density at radius 1 is 1.06 bits per heavy atom. The molecule has 7 nitrogen and oxygen atoms in total.